The Morgan fingerprint density at radius 1 is 1.12 bits per heavy atom. The number of para-hydroxylation sites is 1. The number of nitrogens with zero attached hydrogens (tertiary/aromatic N) is 1. The number of anilines is 1. The molecule has 5 heteroatoms. The Kier molecular flexibility index (Phi) is 4.32. The van der Waals surface area contributed by atoms with Gasteiger partial charge in [0.1, 0.15) is 0 Å². The Hall–Kier alpha value is -2.04. The van der Waals surface area contributed by atoms with Gasteiger partial charge in [-0.1, -0.05) is 32.0 Å². The summed E-state index contributed by atoms with van der Waals surface area (Å²) in [6.07, 6.45) is 0.413. The van der Waals surface area contributed by atoms with E-state index in [1.165, 1.54) is 5.56 Å². The molecule has 1 fully saturated rings. The summed E-state index contributed by atoms with van der Waals surface area (Å²) in [6, 6.07) is 8.17. The highest BCUT2D eigenvalue weighted by atomic mass is 16.6. The van der Waals surface area contributed by atoms with Crippen LogP contribution in [0.1, 0.15) is 46.6 Å². The molecule has 0 unspecified atom stereocenters. The standard InChI is InChI=1S/C21H29NO4/c1-7-25-17(23)21(18(24)26-8-2)13-14(3)19(4)15-11-9-10-12-16(15)22(6)20(19,21)5/h9-12,14H,7-8,13H2,1-6H3/t14-,19-,20+/m0/s1. The molecule has 1 saturated carbocycles. The fourth-order valence-corrected chi connectivity index (χ4v) is 5.55. The second kappa shape index (κ2) is 6.00. The minimum Gasteiger partial charge on any atom is -0.465 e. The molecule has 1 aliphatic carbocycles. The first-order valence-electron chi connectivity index (χ1n) is 9.41. The van der Waals surface area contributed by atoms with E-state index in [2.05, 4.69) is 30.9 Å². The average molecular weight is 359 g/mol. The number of ether oxygens (including phenoxy) is 2. The maximum atomic E-state index is 13.3. The number of esters is 2. The van der Waals surface area contributed by atoms with E-state index < -0.39 is 22.9 Å². The molecule has 3 atom stereocenters. The van der Waals surface area contributed by atoms with Crippen LogP contribution < -0.4 is 4.90 Å². The first kappa shape index (κ1) is 18.7. The Morgan fingerprint density at radius 2 is 1.65 bits per heavy atom. The molecule has 142 valence electrons. The lowest BCUT2D eigenvalue weighted by molar-refractivity contribution is -0.176. The van der Waals surface area contributed by atoms with Crippen molar-refractivity contribution in [3.63, 3.8) is 0 Å². The molecule has 0 N–H and O–H groups in total. The molecule has 2 aliphatic rings. The first-order chi connectivity index (χ1) is 12.2. The van der Waals surface area contributed by atoms with Gasteiger partial charge in [-0.15, -0.1) is 0 Å². The van der Waals surface area contributed by atoms with Crippen molar-refractivity contribution < 1.29 is 19.1 Å². The fraction of sp³-hybridized carbons (Fsp3) is 0.619. The maximum Gasteiger partial charge on any atom is 0.325 e. The van der Waals surface area contributed by atoms with E-state index in [-0.39, 0.29) is 24.5 Å². The monoisotopic (exact) mass is 359 g/mol. The molecule has 5 nitrogen and oxygen atoms in total. The summed E-state index contributed by atoms with van der Waals surface area (Å²) in [5.41, 5.74) is -0.282. The third kappa shape index (κ3) is 1.86. The highest BCUT2D eigenvalue weighted by Crippen LogP contribution is 2.69. The van der Waals surface area contributed by atoms with Crippen molar-refractivity contribution in [2.75, 3.05) is 25.2 Å². The van der Waals surface area contributed by atoms with Crippen molar-refractivity contribution in [3.05, 3.63) is 29.8 Å². The zero-order valence-electron chi connectivity index (χ0n) is 16.6. The Morgan fingerprint density at radius 3 is 2.19 bits per heavy atom. The van der Waals surface area contributed by atoms with Crippen molar-refractivity contribution in [1.29, 1.82) is 0 Å². The SMILES string of the molecule is CCOC(=O)C1(C(=O)OCC)C[C@H](C)[C@@]2(C)c3ccccc3N(C)[C@@]12C. The van der Waals surface area contributed by atoms with Crippen LogP contribution in [0.15, 0.2) is 24.3 Å². The second-order valence-corrected chi connectivity index (χ2v) is 7.80. The number of likely N-dealkylation sites (N-methyl/N-ethyl adjacent to an activating group) is 1. The first-order valence-corrected chi connectivity index (χ1v) is 9.41. The normalized spacial score (nSPS) is 31.3. The predicted molar refractivity (Wildman–Crippen MR) is 100 cm³/mol. The Balaban J connectivity index is 2.30. The van der Waals surface area contributed by atoms with Crippen LogP contribution in [0.4, 0.5) is 5.69 Å². The highest BCUT2D eigenvalue weighted by molar-refractivity contribution is 6.04. The van der Waals surface area contributed by atoms with Gasteiger partial charge in [-0.3, -0.25) is 9.59 Å². The quantitative estimate of drug-likeness (QED) is 0.610. The summed E-state index contributed by atoms with van der Waals surface area (Å²) in [5.74, 6) is -0.847. The number of carbonyl (C=O) groups excluding carboxylic acids is 2. The van der Waals surface area contributed by atoms with E-state index in [0.29, 0.717) is 6.42 Å². The van der Waals surface area contributed by atoms with Gasteiger partial charge in [-0.05, 0) is 44.7 Å². The molecule has 0 aromatic heterocycles. The zero-order chi connectivity index (χ0) is 19.3. The minimum absolute atomic E-state index is 0.104. The Bertz CT molecular complexity index is 727. The summed E-state index contributed by atoms with van der Waals surface area (Å²) in [4.78, 5) is 28.6. The molecule has 1 heterocycles. The van der Waals surface area contributed by atoms with Crippen LogP contribution in [-0.4, -0.2) is 37.7 Å². The van der Waals surface area contributed by atoms with Gasteiger partial charge in [0.15, 0.2) is 5.41 Å². The highest BCUT2D eigenvalue weighted by Gasteiger charge is 2.78. The molecule has 0 spiro atoms. The van der Waals surface area contributed by atoms with Crippen LogP contribution in [0.25, 0.3) is 0 Å². The van der Waals surface area contributed by atoms with Crippen LogP contribution in [0, 0.1) is 11.3 Å². The number of hydrogen-bond donors (Lipinski definition) is 0. The van der Waals surface area contributed by atoms with E-state index in [1.54, 1.807) is 13.8 Å². The molecule has 0 amide bonds. The van der Waals surface area contributed by atoms with Crippen LogP contribution in [-0.2, 0) is 24.5 Å². The molecule has 0 bridgehead atoms. The summed E-state index contributed by atoms with van der Waals surface area (Å²) in [6.45, 7) is 10.3. The number of hydrogen-bond acceptors (Lipinski definition) is 5. The van der Waals surface area contributed by atoms with E-state index >= 15 is 0 Å². The van der Waals surface area contributed by atoms with Gasteiger partial charge < -0.3 is 14.4 Å². The van der Waals surface area contributed by atoms with Gasteiger partial charge in [-0.2, -0.15) is 0 Å². The molecule has 1 aliphatic heterocycles. The second-order valence-electron chi connectivity index (χ2n) is 7.80. The van der Waals surface area contributed by atoms with E-state index in [9.17, 15) is 9.59 Å². The third-order valence-corrected chi connectivity index (χ3v) is 7.18. The number of rotatable bonds is 4. The topological polar surface area (TPSA) is 55.8 Å². The molecule has 1 aromatic carbocycles. The van der Waals surface area contributed by atoms with Crippen LogP contribution >= 0.6 is 0 Å². The van der Waals surface area contributed by atoms with Crippen LogP contribution in [0.3, 0.4) is 0 Å². The van der Waals surface area contributed by atoms with Gasteiger partial charge in [0.05, 0.1) is 18.8 Å². The lowest BCUT2D eigenvalue weighted by Crippen LogP contribution is -2.66. The van der Waals surface area contributed by atoms with Crippen molar-refractivity contribution in [2.24, 2.45) is 11.3 Å². The van der Waals surface area contributed by atoms with Crippen LogP contribution in [0.2, 0.25) is 0 Å². The van der Waals surface area contributed by atoms with Gasteiger partial charge in [-0.25, -0.2) is 0 Å². The van der Waals surface area contributed by atoms with E-state index in [0.717, 1.165) is 5.69 Å². The smallest absolute Gasteiger partial charge is 0.325 e. The summed E-state index contributed by atoms with van der Waals surface area (Å²) in [7, 11) is 1.97. The van der Waals surface area contributed by atoms with Crippen molar-refractivity contribution in [2.45, 2.75) is 52.0 Å². The minimum atomic E-state index is -1.36. The molecular weight excluding hydrogens is 330 g/mol. The molecular formula is C21H29NO4. The Labute approximate surface area is 155 Å². The molecule has 1 aromatic rings. The summed E-state index contributed by atoms with van der Waals surface area (Å²) in [5, 5.41) is 0. The van der Waals surface area contributed by atoms with Gasteiger partial charge in [0.25, 0.3) is 0 Å². The van der Waals surface area contributed by atoms with Crippen molar-refractivity contribution >= 4 is 17.6 Å². The van der Waals surface area contributed by atoms with Crippen molar-refractivity contribution in [3.8, 4) is 0 Å². The third-order valence-electron chi connectivity index (χ3n) is 7.18. The van der Waals surface area contributed by atoms with Gasteiger partial charge in [0, 0.05) is 18.2 Å². The van der Waals surface area contributed by atoms with E-state index in [4.69, 9.17) is 9.47 Å². The largest absolute Gasteiger partial charge is 0.465 e. The number of fused-ring (bicyclic) bond motifs is 3. The average Bonchev–Trinajstić information content (AvgIpc) is 2.92. The lowest BCUT2D eigenvalue weighted by atomic mass is 9.61. The van der Waals surface area contributed by atoms with Crippen molar-refractivity contribution in [1.82, 2.24) is 0 Å². The summed E-state index contributed by atoms with van der Waals surface area (Å²) >= 11 is 0. The van der Waals surface area contributed by atoms with E-state index in [1.807, 2.05) is 26.1 Å². The molecule has 3 rings (SSSR count). The molecule has 0 radical (unpaired) electrons. The fourth-order valence-electron chi connectivity index (χ4n) is 5.55. The summed E-state index contributed by atoms with van der Waals surface area (Å²) < 4.78 is 10.9. The zero-order valence-corrected chi connectivity index (χ0v) is 16.6. The molecule has 0 saturated heterocycles. The van der Waals surface area contributed by atoms with Gasteiger partial charge in [0.2, 0.25) is 0 Å². The van der Waals surface area contributed by atoms with Gasteiger partial charge >= 0.3 is 11.9 Å². The number of benzene rings is 1. The molecule has 26 heavy (non-hydrogen) atoms. The van der Waals surface area contributed by atoms with Crippen LogP contribution in [0.5, 0.6) is 0 Å². The lowest BCUT2D eigenvalue weighted by Gasteiger charge is -2.49. The maximum absolute atomic E-state index is 13.3. The number of carbonyl (C=O) groups is 2. The predicted octanol–water partition coefficient (Wildman–Crippen LogP) is 3.31.